The highest BCUT2D eigenvalue weighted by atomic mass is 16.3. The summed E-state index contributed by atoms with van der Waals surface area (Å²) in [7, 11) is 0. The Hall–Kier alpha value is -1.71. The molecule has 96 valence electrons. The van der Waals surface area contributed by atoms with Crippen LogP contribution in [0.1, 0.15) is 29.6 Å². The van der Waals surface area contributed by atoms with Gasteiger partial charge in [-0.1, -0.05) is 6.42 Å². The Morgan fingerprint density at radius 1 is 1.28 bits per heavy atom. The molecule has 4 heteroatoms. The van der Waals surface area contributed by atoms with Crippen LogP contribution in [0.4, 0.5) is 5.69 Å². The minimum Gasteiger partial charge on any atom is -0.508 e. The molecule has 1 amide bonds. The van der Waals surface area contributed by atoms with E-state index in [0.29, 0.717) is 23.1 Å². The van der Waals surface area contributed by atoms with E-state index in [-0.39, 0.29) is 11.7 Å². The third kappa shape index (κ3) is 1.82. The molecule has 1 saturated carbocycles. The fourth-order valence-electron chi connectivity index (χ4n) is 3.30. The molecule has 0 spiro atoms. The zero-order valence-electron chi connectivity index (χ0n) is 10.3. The van der Waals surface area contributed by atoms with Crippen molar-refractivity contribution in [3.05, 3.63) is 23.8 Å². The van der Waals surface area contributed by atoms with Crippen molar-refractivity contribution in [2.45, 2.75) is 19.3 Å². The molecule has 0 aromatic heterocycles. The second-order valence-electron chi connectivity index (χ2n) is 5.43. The van der Waals surface area contributed by atoms with Crippen molar-refractivity contribution in [1.29, 1.82) is 0 Å². The van der Waals surface area contributed by atoms with Gasteiger partial charge < -0.3 is 15.7 Å². The van der Waals surface area contributed by atoms with Gasteiger partial charge in [-0.15, -0.1) is 0 Å². The number of rotatable bonds is 1. The first-order chi connectivity index (χ1) is 8.65. The molecule has 3 rings (SSSR count). The topological polar surface area (TPSA) is 66.6 Å². The van der Waals surface area contributed by atoms with Gasteiger partial charge in [0.15, 0.2) is 0 Å². The number of phenols is 1. The van der Waals surface area contributed by atoms with E-state index in [1.165, 1.54) is 31.4 Å². The fraction of sp³-hybridized carbons (Fsp3) is 0.500. The standard InChI is InChI=1S/C14H18N2O2/c15-13-5-4-11(17)6-12(13)14(18)16-7-9-2-1-3-10(9)8-16/h4-6,9-10,17H,1-3,7-8,15H2. The minimum atomic E-state index is -0.0437. The smallest absolute Gasteiger partial charge is 0.256 e. The Bertz CT molecular complexity index is 475. The van der Waals surface area contributed by atoms with E-state index in [1.807, 2.05) is 4.90 Å². The van der Waals surface area contributed by atoms with Crippen molar-refractivity contribution in [2.75, 3.05) is 18.8 Å². The van der Waals surface area contributed by atoms with Crippen LogP contribution in [-0.2, 0) is 0 Å². The Morgan fingerprint density at radius 3 is 2.61 bits per heavy atom. The van der Waals surface area contributed by atoms with Gasteiger partial charge in [-0.2, -0.15) is 0 Å². The van der Waals surface area contributed by atoms with Crippen molar-refractivity contribution < 1.29 is 9.90 Å². The van der Waals surface area contributed by atoms with Crippen LogP contribution in [0.2, 0.25) is 0 Å². The van der Waals surface area contributed by atoms with Crippen molar-refractivity contribution in [3.8, 4) is 5.75 Å². The van der Waals surface area contributed by atoms with Crippen molar-refractivity contribution in [3.63, 3.8) is 0 Å². The predicted molar refractivity (Wildman–Crippen MR) is 69.3 cm³/mol. The monoisotopic (exact) mass is 246 g/mol. The third-order valence-electron chi connectivity index (χ3n) is 4.28. The second kappa shape index (κ2) is 4.19. The van der Waals surface area contributed by atoms with E-state index < -0.39 is 0 Å². The average Bonchev–Trinajstić information content (AvgIpc) is 2.91. The highest BCUT2D eigenvalue weighted by Gasteiger charge is 2.38. The van der Waals surface area contributed by atoms with Crippen LogP contribution in [0.5, 0.6) is 5.75 Å². The lowest BCUT2D eigenvalue weighted by atomic mass is 10.0. The van der Waals surface area contributed by atoms with Gasteiger partial charge in [0.1, 0.15) is 5.75 Å². The maximum absolute atomic E-state index is 12.4. The molecule has 1 saturated heterocycles. The summed E-state index contributed by atoms with van der Waals surface area (Å²) < 4.78 is 0. The van der Waals surface area contributed by atoms with Crippen LogP contribution in [0.25, 0.3) is 0 Å². The molecule has 4 nitrogen and oxygen atoms in total. The Morgan fingerprint density at radius 2 is 1.94 bits per heavy atom. The number of aromatic hydroxyl groups is 1. The molecule has 1 aliphatic heterocycles. The third-order valence-corrected chi connectivity index (χ3v) is 4.28. The molecule has 3 N–H and O–H groups in total. The normalized spacial score (nSPS) is 26.3. The van der Waals surface area contributed by atoms with Crippen LogP contribution < -0.4 is 5.73 Å². The summed E-state index contributed by atoms with van der Waals surface area (Å²) in [5.74, 6) is 1.39. The molecule has 0 radical (unpaired) electrons. The lowest BCUT2D eigenvalue weighted by Gasteiger charge is -2.18. The number of carbonyl (C=O) groups excluding carboxylic acids is 1. The number of likely N-dealkylation sites (tertiary alicyclic amines) is 1. The Balaban J connectivity index is 1.81. The van der Waals surface area contributed by atoms with E-state index in [1.54, 1.807) is 6.07 Å². The largest absolute Gasteiger partial charge is 0.508 e. The van der Waals surface area contributed by atoms with Gasteiger partial charge in [-0.3, -0.25) is 4.79 Å². The first-order valence-electron chi connectivity index (χ1n) is 6.53. The van der Waals surface area contributed by atoms with E-state index in [4.69, 9.17) is 5.73 Å². The SMILES string of the molecule is Nc1ccc(O)cc1C(=O)N1CC2CCCC2C1. The summed E-state index contributed by atoms with van der Waals surface area (Å²) in [5.41, 5.74) is 6.68. The zero-order chi connectivity index (χ0) is 12.7. The van der Waals surface area contributed by atoms with Crippen molar-refractivity contribution in [2.24, 2.45) is 11.8 Å². The summed E-state index contributed by atoms with van der Waals surface area (Å²) >= 11 is 0. The Kier molecular flexibility index (Phi) is 2.65. The first kappa shape index (κ1) is 11.4. The van der Waals surface area contributed by atoms with Gasteiger partial charge in [-0.25, -0.2) is 0 Å². The van der Waals surface area contributed by atoms with E-state index in [2.05, 4.69) is 0 Å². The van der Waals surface area contributed by atoms with Crippen LogP contribution in [0, 0.1) is 11.8 Å². The molecule has 2 aliphatic rings. The number of nitrogens with zero attached hydrogens (tertiary/aromatic N) is 1. The minimum absolute atomic E-state index is 0.0437. The number of carbonyl (C=O) groups is 1. The number of amides is 1. The summed E-state index contributed by atoms with van der Waals surface area (Å²) in [6.45, 7) is 1.69. The van der Waals surface area contributed by atoms with Gasteiger partial charge >= 0.3 is 0 Å². The maximum Gasteiger partial charge on any atom is 0.256 e. The van der Waals surface area contributed by atoms with Crippen LogP contribution >= 0.6 is 0 Å². The number of fused-ring (bicyclic) bond motifs is 1. The van der Waals surface area contributed by atoms with Crippen molar-refractivity contribution in [1.82, 2.24) is 4.90 Å². The van der Waals surface area contributed by atoms with Gasteiger partial charge in [0, 0.05) is 18.8 Å². The molecule has 0 bridgehead atoms. The van der Waals surface area contributed by atoms with Gasteiger partial charge in [0.25, 0.3) is 5.91 Å². The lowest BCUT2D eigenvalue weighted by Crippen LogP contribution is -2.30. The zero-order valence-corrected chi connectivity index (χ0v) is 10.3. The molecule has 2 unspecified atom stereocenters. The van der Waals surface area contributed by atoms with E-state index >= 15 is 0 Å². The number of anilines is 1. The fourth-order valence-corrected chi connectivity index (χ4v) is 3.30. The van der Waals surface area contributed by atoms with E-state index in [9.17, 15) is 9.90 Å². The summed E-state index contributed by atoms with van der Waals surface area (Å²) in [5, 5.41) is 9.46. The first-order valence-corrected chi connectivity index (χ1v) is 6.53. The van der Waals surface area contributed by atoms with Gasteiger partial charge in [-0.05, 0) is 42.9 Å². The summed E-state index contributed by atoms with van der Waals surface area (Å²) in [6.07, 6.45) is 3.78. The number of phenolic OH excluding ortho intramolecular Hbond substituents is 1. The van der Waals surface area contributed by atoms with Gasteiger partial charge in [0.05, 0.1) is 5.56 Å². The quantitative estimate of drug-likeness (QED) is 0.587. The number of hydrogen-bond donors (Lipinski definition) is 2. The van der Waals surface area contributed by atoms with E-state index in [0.717, 1.165) is 13.1 Å². The number of benzene rings is 1. The maximum atomic E-state index is 12.4. The highest BCUT2D eigenvalue weighted by molar-refractivity contribution is 5.99. The number of nitrogens with two attached hydrogens (primary N) is 1. The van der Waals surface area contributed by atoms with Crippen molar-refractivity contribution >= 4 is 11.6 Å². The molecule has 1 aromatic rings. The molecule has 2 fully saturated rings. The van der Waals surface area contributed by atoms with Crippen LogP contribution in [-0.4, -0.2) is 29.0 Å². The lowest BCUT2D eigenvalue weighted by molar-refractivity contribution is 0.0781. The molecule has 18 heavy (non-hydrogen) atoms. The Labute approximate surface area is 106 Å². The van der Waals surface area contributed by atoms with Crippen LogP contribution in [0.3, 0.4) is 0 Å². The predicted octanol–water partition coefficient (Wildman–Crippen LogP) is 1.85. The summed E-state index contributed by atoms with van der Waals surface area (Å²) in [6, 6.07) is 4.55. The second-order valence-corrected chi connectivity index (χ2v) is 5.43. The number of nitrogen functional groups attached to an aromatic ring is 1. The molecular weight excluding hydrogens is 228 g/mol. The molecule has 1 aromatic carbocycles. The average molecular weight is 246 g/mol. The molecule has 2 atom stereocenters. The van der Waals surface area contributed by atoms with Gasteiger partial charge in [0.2, 0.25) is 0 Å². The molecule has 1 aliphatic carbocycles. The molecular formula is C14H18N2O2. The highest BCUT2D eigenvalue weighted by Crippen LogP contribution is 2.38. The van der Waals surface area contributed by atoms with Crippen LogP contribution in [0.15, 0.2) is 18.2 Å². The number of hydrogen-bond acceptors (Lipinski definition) is 3. The molecule has 1 heterocycles. The summed E-state index contributed by atoms with van der Waals surface area (Å²) in [4.78, 5) is 14.3.